The van der Waals surface area contributed by atoms with Crippen LogP contribution in [0.4, 0.5) is 0 Å². The van der Waals surface area contributed by atoms with Crippen molar-refractivity contribution in [1.29, 1.82) is 0 Å². The van der Waals surface area contributed by atoms with Crippen molar-refractivity contribution in [3.63, 3.8) is 0 Å². The molecule has 1 aliphatic heterocycles. The van der Waals surface area contributed by atoms with Crippen molar-refractivity contribution in [3.05, 3.63) is 58.5 Å². The summed E-state index contributed by atoms with van der Waals surface area (Å²) in [6.45, 7) is 5.31. The van der Waals surface area contributed by atoms with Gasteiger partial charge in [-0.2, -0.15) is 0 Å². The summed E-state index contributed by atoms with van der Waals surface area (Å²) in [6.07, 6.45) is 5.67. The fourth-order valence-electron chi connectivity index (χ4n) is 4.74. The number of methoxy groups -OCH3 is 2. The van der Waals surface area contributed by atoms with Crippen LogP contribution < -0.4 is 19.8 Å². The largest absolute Gasteiger partial charge is 0.494 e. The second-order valence-electron chi connectivity index (χ2n) is 8.45. The van der Waals surface area contributed by atoms with Gasteiger partial charge in [-0.15, -0.1) is 0 Å². The number of carbonyl (C=O) groups excluding carboxylic acids is 1. The number of piperidine rings is 1. The van der Waals surface area contributed by atoms with Crippen LogP contribution in [-0.4, -0.2) is 48.8 Å². The number of fused-ring (bicyclic) bond motifs is 1. The molecule has 1 fully saturated rings. The SMILES string of the molecule is CCOc1ccc(-n2cc(C(=O)N3CCCC[C@H]3CC)c3cc(OC)c(OC)cc3c2=O)cc1. The minimum atomic E-state index is -0.234. The normalized spacial score (nSPS) is 15.9. The Labute approximate surface area is 199 Å². The summed E-state index contributed by atoms with van der Waals surface area (Å²) in [5.41, 5.74) is 0.900. The summed E-state index contributed by atoms with van der Waals surface area (Å²) in [6, 6.07) is 10.9. The van der Waals surface area contributed by atoms with Crippen LogP contribution >= 0.6 is 0 Å². The lowest BCUT2D eigenvalue weighted by Gasteiger charge is -2.35. The molecule has 7 nitrogen and oxygen atoms in total. The van der Waals surface area contributed by atoms with E-state index in [4.69, 9.17) is 14.2 Å². The van der Waals surface area contributed by atoms with E-state index in [1.165, 1.54) is 11.7 Å². The van der Waals surface area contributed by atoms with Gasteiger partial charge >= 0.3 is 0 Å². The van der Waals surface area contributed by atoms with E-state index >= 15 is 0 Å². The molecule has 180 valence electrons. The van der Waals surface area contributed by atoms with Crippen LogP contribution in [0.3, 0.4) is 0 Å². The van der Waals surface area contributed by atoms with Crippen molar-refractivity contribution >= 4 is 16.7 Å². The molecule has 0 saturated carbocycles. The van der Waals surface area contributed by atoms with E-state index in [1.807, 2.05) is 36.1 Å². The first-order chi connectivity index (χ1) is 16.5. The Morgan fingerprint density at radius 1 is 1.00 bits per heavy atom. The molecule has 0 unspecified atom stereocenters. The number of aromatic nitrogens is 1. The maximum absolute atomic E-state index is 13.9. The Kier molecular flexibility index (Phi) is 7.10. The highest BCUT2D eigenvalue weighted by Gasteiger charge is 2.29. The minimum absolute atomic E-state index is 0.0662. The molecule has 4 rings (SSSR count). The van der Waals surface area contributed by atoms with Gasteiger partial charge in [-0.25, -0.2) is 0 Å². The number of amides is 1. The maximum Gasteiger partial charge on any atom is 0.263 e. The first-order valence-corrected chi connectivity index (χ1v) is 11.9. The molecule has 34 heavy (non-hydrogen) atoms. The zero-order valence-electron chi connectivity index (χ0n) is 20.3. The summed E-state index contributed by atoms with van der Waals surface area (Å²) >= 11 is 0. The Morgan fingerprint density at radius 2 is 1.68 bits per heavy atom. The third kappa shape index (κ3) is 4.34. The van der Waals surface area contributed by atoms with Crippen LogP contribution in [0.5, 0.6) is 17.2 Å². The van der Waals surface area contributed by atoms with Gasteiger partial charge in [0.05, 0.1) is 31.8 Å². The number of benzene rings is 2. The number of hydrogen-bond donors (Lipinski definition) is 0. The average Bonchev–Trinajstić information content (AvgIpc) is 2.88. The van der Waals surface area contributed by atoms with E-state index in [1.54, 1.807) is 25.4 Å². The van der Waals surface area contributed by atoms with Crippen LogP contribution in [0.1, 0.15) is 49.9 Å². The van der Waals surface area contributed by atoms with Crippen LogP contribution in [0.2, 0.25) is 0 Å². The third-order valence-electron chi connectivity index (χ3n) is 6.54. The summed E-state index contributed by atoms with van der Waals surface area (Å²) in [7, 11) is 3.08. The van der Waals surface area contributed by atoms with Crippen molar-refractivity contribution in [2.24, 2.45) is 0 Å². The van der Waals surface area contributed by atoms with E-state index in [9.17, 15) is 9.59 Å². The summed E-state index contributed by atoms with van der Waals surface area (Å²) < 4.78 is 18.0. The van der Waals surface area contributed by atoms with Crippen molar-refractivity contribution in [2.75, 3.05) is 27.4 Å². The molecular formula is C27H32N2O5. The first kappa shape index (κ1) is 23.7. The third-order valence-corrected chi connectivity index (χ3v) is 6.54. The molecule has 1 atom stereocenters. The first-order valence-electron chi connectivity index (χ1n) is 11.9. The van der Waals surface area contributed by atoms with E-state index in [2.05, 4.69) is 6.92 Å². The molecule has 2 aromatic carbocycles. The van der Waals surface area contributed by atoms with Gasteiger partial charge < -0.3 is 19.1 Å². The van der Waals surface area contributed by atoms with Gasteiger partial charge in [0, 0.05) is 29.9 Å². The second kappa shape index (κ2) is 10.2. The Hall–Kier alpha value is -3.48. The molecule has 0 N–H and O–H groups in total. The van der Waals surface area contributed by atoms with Gasteiger partial charge in [0.25, 0.3) is 11.5 Å². The molecule has 0 radical (unpaired) electrons. The second-order valence-corrected chi connectivity index (χ2v) is 8.45. The summed E-state index contributed by atoms with van der Waals surface area (Å²) in [5, 5.41) is 0.970. The van der Waals surface area contributed by atoms with E-state index in [0.29, 0.717) is 46.7 Å². The fourth-order valence-corrected chi connectivity index (χ4v) is 4.74. The molecule has 2 heterocycles. The zero-order chi connectivity index (χ0) is 24.2. The lowest BCUT2D eigenvalue weighted by Crippen LogP contribution is -2.43. The topological polar surface area (TPSA) is 70.0 Å². The zero-order valence-corrected chi connectivity index (χ0v) is 20.3. The van der Waals surface area contributed by atoms with Crippen LogP contribution in [0.25, 0.3) is 16.5 Å². The molecular weight excluding hydrogens is 432 g/mol. The highest BCUT2D eigenvalue weighted by molar-refractivity contribution is 6.07. The molecule has 1 aromatic heterocycles. The molecule has 0 aliphatic carbocycles. The molecule has 1 aliphatic rings. The number of carbonyl (C=O) groups is 1. The van der Waals surface area contributed by atoms with Gasteiger partial charge in [-0.05, 0) is 69.0 Å². The maximum atomic E-state index is 13.9. The van der Waals surface area contributed by atoms with Crippen LogP contribution in [-0.2, 0) is 0 Å². The summed E-state index contributed by atoms with van der Waals surface area (Å²) in [4.78, 5) is 29.4. The van der Waals surface area contributed by atoms with E-state index in [0.717, 1.165) is 31.4 Å². The average molecular weight is 465 g/mol. The number of rotatable bonds is 7. The fraction of sp³-hybridized carbons (Fsp3) is 0.407. The van der Waals surface area contributed by atoms with Gasteiger partial charge in [0.15, 0.2) is 11.5 Å². The Bertz CT molecular complexity index is 1230. The molecule has 1 amide bonds. The monoisotopic (exact) mass is 464 g/mol. The lowest BCUT2D eigenvalue weighted by atomic mass is 9.97. The molecule has 1 saturated heterocycles. The highest BCUT2D eigenvalue weighted by Crippen LogP contribution is 2.34. The van der Waals surface area contributed by atoms with E-state index in [-0.39, 0.29) is 17.5 Å². The van der Waals surface area contributed by atoms with Crippen LogP contribution in [0, 0.1) is 0 Å². The van der Waals surface area contributed by atoms with Crippen LogP contribution in [0.15, 0.2) is 47.4 Å². The predicted molar refractivity (Wildman–Crippen MR) is 133 cm³/mol. The quantitative estimate of drug-likeness (QED) is 0.502. The van der Waals surface area contributed by atoms with Gasteiger partial charge in [0.2, 0.25) is 0 Å². The van der Waals surface area contributed by atoms with Gasteiger partial charge in [-0.3, -0.25) is 14.2 Å². The number of likely N-dealkylation sites (tertiary alicyclic amines) is 1. The van der Waals surface area contributed by atoms with Crippen molar-refractivity contribution in [3.8, 4) is 22.9 Å². The Morgan fingerprint density at radius 3 is 2.29 bits per heavy atom. The van der Waals surface area contributed by atoms with Crippen molar-refractivity contribution in [2.45, 2.75) is 45.6 Å². The molecule has 7 heteroatoms. The Balaban J connectivity index is 1.94. The molecule has 0 spiro atoms. The highest BCUT2D eigenvalue weighted by atomic mass is 16.5. The lowest BCUT2D eigenvalue weighted by molar-refractivity contribution is 0.0609. The number of nitrogens with zero attached hydrogens (tertiary/aromatic N) is 2. The molecule has 3 aromatic rings. The minimum Gasteiger partial charge on any atom is -0.494 e. The van der Waals surface area contributed by atoms with E-state index < -0.39 is 0 Å². The van der Waals surface area contributed by atoms with Gasteiger partial charge in [0.1, 0.15) is 5.75 Å². The number of hydrogen-bond acceptors (Lipinski definition) is 5. The summed E-state index contributed by atoms with van der Waals surface area (Å²) in [5.74, 6) is 1.58. The standard InChI is InChI=1S/C27H32N2O5/c1-5-18-9-7-8-14-28(18)27(31)23-17-29(19-10-12-20(13-11-19)34-6-2)26(30)22-16-25(33-4)24(32-3)15-21(22)23/h10-13,15-18H,5-9,14H2,1-4H3/t18-/m1/s1. The number of pyridine rings is 1. The predicted octanol–water partition coefficient (Wildman–Crippen LogP) is 4.81. The van der Waals surface area contributed by atoms with Crippen molar-refractivity contribution < 1.29 is 19.0 Å². The van der Waals surface area contributed by atoms with Crippen molar-refractivity contribution in [1.82, 2.24) is 9.47 Å². The number of ether oxygens (including phenoxy) is 3. The molecule has 0 bridgehead atoms. The van der Waals surface area contributed by atoms with Gasteiger partial charge in [-0.1, -0.05) is 6.92 Å². The smallest absolute Gasteiger partial charge is 0.263 e.